The summed E-state index contributed by atoms with van der Waals surface area (Å²) in [7, 11) is 3.75. The minimum absolute atomic E-state index is 0.475. The predicted molar refractivity (Wildman–Crippen MR) is 73.2 cm³/mol. The van der Waals surface area contributed by atoms with Crippen LogP contribution in [0, 0.1) is 0 Å². The van der Waals surface area contributed by atoms with Crippen LogP contribution in [0.25, 0.3) is 16.9 Å². The van der Waals surface area contributed by atoms with Gasteiger partial charge in [-0.3, -0.25) is 0 Å². The number of benzene rings is 1. The third kappa shape index (κ3) is 1.75. The molecule has 0 saturated carbocycles. The molecule has 0 fully saturated rings. The Morgan fingerprint density at radius 1 is 1.16 bits per heavy atom. The average Bonchev–Trinajstić information content (AvgIpc) is 2.82. The SMILES string of the molecule is CN(C)c1ncnc(-n2nnc3ccccc32)c1N. The van der Waals surface area contributed by atoms with E-state index < -0.39 is 0 Å². The highest BCUT2D eigenvalue weighted by molar-refractivity contribution is 5.79. The number of nitrogens with two attached hydrogens (primary N) is 1. The predicted octanol–water partition coefficient (Wildman–Crippen LogP) is 0.859. The molecule has 0 radical (unpaired) electrons. The summed E-state index contributed by atoms with van der Waals surface area (Å²) in [6, 6.07) is 7.65. The van der Waals surface area contributed by atoms with Crippen LogP contribution in [-0.4, -0.2) is 39.1 Å². The van der Waals surface area contributed by atoms with Crippen molar-refractivity contribution in [3.8, 4) is 5.82 Å². The summed E-state index contributed by atoms with van der Waals surface area (Å²) in [5.41, 5.74) is 8.24. The van der Waals surface area contributed by atoms with E-state index in [9.17, 15) is 0 Å². The van der Waals surface area contributed by atoms with Crippen LogP contribution in [0.4, 0.5) is 11.5 Å². The molecule has 0 aliphatic heterocycles. The molecule has 96 valence electrons. The zero-order valence-corrected chi connectivity index (χ0v) is 10.6. The lowest BCUT2D eigenvalue weighted by Crippen LogP contribution is -2.16. The van der Waals surface area contributed by atoms with E-state index in [4.69, 9.17) is 5.73 Å². The largest absolute Gasteiger partial charge is 0.393 e. The van der Waals surface area contributed by atoms with E-state index >= 15 is 0 Å². The monoisotopic (exact) mass is 255 g/mol. The summed E-state index contributed by atoms with van der Waals surface area (Å²) in [5.74, 6) is 1.19. The first-order valence-electron chi connectivity index (χ1n) is 5.77. The topological polar surface area (TPSA) is 85.8 Å². The average molecular weight is 255 g/mol. The first-order valence-corrected chi connectivity index (χ1v) is 5.77. The number of nitrogen functional groups attached to an aromatic ring is 1. The maximum Gasteiger partial charge on any atom is 0.184 e. The van der Waals surface area contributed by atoms with E-state index in [0.29, 0.717) is 17.3 Å². The molecular weight excluding hydrogens is 242 g/mol. The Labute approximate surface area is 109 Å². The normalized spacial score (nSPS) is 10.8. The molecule has 2 N–H and O–H groups in total. The van der Waals surface area contributed by atoms with Crippen molar-refractivity contribution in [3.05, 3.63) is 30.6 Å². The van der Waals surface area contributed by atoms with Crippen molar-refractivity contribution in [2.45, 2.75) is 0 Å². The van der Waals surface area contributed by atoms with Crippen molar-refractivity contribution >= 4 is 22.5 Å². The van der Waals surface area contributed by atoms with Crippen LogP contribution in [-0.2, 0) is 0 Å². The van der Waals surface area contributed by atoms with E-state index in [0.717, 1.165) is 11.0 Å². The molecule has 0 unspecified atom stereocenters. The number of anilines is 2. The molecule has 7 heteroatoms. The molecule has 3 rings (SSSR count). The lowest BCUT2D eigenvalue weighted by atomic mass is 10.3. The van der Waals surface area contributed by atoms with Crippen LogP contribution in [0.3, 0.4) is 0 Å². The van der Waals surface area contributed by atoms with Crippen molar-refractivity contribution in [2.24, 2.45) is 0 Å². The Kier molecular flexibility index (Phi) is 2.52. The second-order valence-corrected chi connectivity index (χ2v) is 4.32. The molecule has 19 heavy (non-hydrogen) atoms. The van der Waals surface area contributed by atoms with Gasteiger partial charge in [-0.15, -0.1) is 5.10 Å². The summed E-state index contributed by atoms with van der Waals surface area (Å²) < 4.78 is 1.62. The second kappa shape index (κ2) is 4.20. The van der Waals surface area contributed by atoms with Crippen LogP contribution in [0.5, 0.6) is 0 Å². The van der Waals surface area contributed by atoms with Crippen molar-refractivity contribution in [2.75, 3.05) is 24.7 Å². The van der Waals surface area contributed by atoms with Gasteiger partial charge < -0.3 is 10.6 Å². The summed E-state index contributed by atoms with van der Waals surface area (Å²) in [6.45, 7) is 0. The first kappa shape index (κ1) is 11.4. The molecule has 3 aromatic rings. The molecule has 0 atom stereocenters. The molecule has 2 heterocycles. The quantitative estimate of drug-likeness (QED) is 0.731. The van der Waals surface area contributed by atoms with Gasteiger partial charge in [-0.25, -0.2) is 9.97 Å². The molecule has 2 aromatic heterocycles. The fraction of sp³-hybridized carbons (Fsp3) is 0.167. The summed E-state index contributed by atoms with van der Waals surface area (Å²) in [5, 5.41) is 8.20. The highest BCUT2D eigenvalue weighted by Gasteiger charge is 2.14. The molecule has 7 nitrogen and oxygen atoms in total. The van der Waals surface area contributed by atoms with Gasteiger partial charge in [0.1, 0.15) is 17.5 Å². The van der Waals surface area contributed by atoms with Crippen molar-refractivity contribution in [1.82, 2.24) is 25.0 Å². The Hall–Kier alpha value is -2.70. The molecule has 1 aromatic carbocycles. The van der Waals surface area contributed by atoms with E-state index in [-0.39, 0.29) is 0 Å². The lowest BCUT2D eigenvalue weighted by Gasteiger charge is -2.15. The van der Waals surface area contributed by atoms with E-state index in [1.807, 2.05) is 43.3 Å². The number of aromatic nitrogens is 5. The first-order chi connectivity index (χ1) is 9.18. The van der Waals surface area contributed by atoms with Gasteiger partial charge in [-0.1, -0.05) is 17.3 Å². The van der Waals surface area contributed by atoms with Crippen LogP contribution in [0.15, 0.2) is 30.6 Å². The van der Waals surface area contributed by atoms with Gasteiger partial charge >= 0.3 is 0 Å². The van der Waals surface area contributed by atoms with Gasteiger partial charge in [0, 0.05) is 14.1 Å². The Morgan fingerprint density at radius 2 is 1.95 bits per heavy atom. The molecule has 0 aliphatic carbocycles. The van der Waals surface area contributed by atoms with Gasteiger partial charge in [0.15, 0.2) is 11.6 Å². The summed E-state index contributed by atoms with van der Waals surface area (Å²) in [6.07, 6.45) is 1.47. The van der Waals surface area contributed by atoms with Gasteiger partial charge in [0.05, 0.1) is 5.52 Å². The molecule has 0 bridgehead atoms. The second-order valence-electron chi connectivity index (χ2n) is 4.32. The number of hydrogen-bond donors (Lipinski definition) is 1. The number of rotatable bonds is 2. The fourth-order valence-electron chi connectivity index (χ4n) is 1.93. The molecule has 0 amide bonds. The van der Waals surface area contributed by atoms with Crippen LogP contribution in [0.2, 0.25) is 0 Å². The van der Waals surface area contributed by atoms with Crippen LogP contribution >= 0.6 is 0 Å². The molecule has 0 saturated heterocycles. The molecule has 0 spiro atoms. The summed E-state index contributed by atoms with van der Waals surface area (Å²) >= 11 is 0. The van der Waals surface area contributed by atoms with Gasteiger partial charge in [-0.2, -0.15) is 4.68 Å². The van der Waals surface area contributed by atoms with E-state index in [1.165, 1.54) is 6.33 Å². The zero-order chi connectivity index (χ0) is 13.4. The van der Waals surface area contributed by atoms with Crippen LogP contribution < -0.4 is 10.6 Å². The Balaban J connectivity index is 2.25. The fourth-order valence-corrected chi connectivity index (χ4v) is 1.93. The van der Waals surface area contributed by atoms with E-state index in [2.05, 4.69) is 20.3 Å². The third-order valence-electron chi connectivity index (χ3n) is 2.82. The van der Waals surface area contributed by atoms with Crippen molar-refractivity contribution < 1.29 is 0 Å². The number of fused-ring (bicyclic) bond motifs is 1. The van der Waals surface area contributed by atoms with Crippen molar-refractivity contribution in [3.63, 3.8) is 0 Å². The lowest BCUT2D eigenvalue weighted by molar-refractivity contribution is 0.798. The molecule has 0 aliphatic rings. The maximum atomic E-state index is 6.11. The Morgan fingerprint density at radius 3 is 2.74 bits per heavy atom. The Bertz CT molecular complexity index is 732. The zero-order valence-electron chi connectivity index (χ0n) is 10.6. The smallest absolute Gasteiger partial charge is 0.184 e. The van der Waals surface area contributed by atoms with E-state index in [1.54, 1.807) is 4.68 Å². The molecular formula is C12H13N7. The van der Waals surface area contributed by atoms with Gasteiger partial charge in [0.2, 0.25) is 0 Å². The van der Waals surface area contributed by atoms with Crippen molar-refractivity contribution in [1.29, 1.82) is 0 Å². The minimum atomic E-state index is 0.475. The number of para-hydroxylation sites is 1. The van der Waals surface area contributed by atoms with Gasteiger partial charge in [0.25, 0.3) is 0 Å². The standard InChI is InChI=1S/C12H13N7/c1-18(2)11-10(13)12(15-7-14-11)19-9-6-4-3-5-8(9)16-17-19/h3-7H,13H2,1-2H3. The minimum Gasteiger partial charge on any atom is -0.393 e. The van der Waals surface area contributed by atoms with Crippen LogP contribution in [0.1, 0.15) is 0 Å². The number of nitrogens with zero attached hydrogens (tertiary/aromatic N) is 6. The highest BCUT2D eigenvalue weighted by Crippen LogP contribution is 2.25. The summed E-state index contributed by atoms with van der Waals surface area (Å²) in [4.78, 5) is 10.2. The van der Waals surface area contributed by atoms with Gasteiger partial charge in [-0.05, 0) is 12.1 Å². The maximum absolute atomic E-state index is 6.11. The third-order valence-corrected chi connectivity index (χ3v) is 2.82. The number of hydrogen-bond acceptors (Lipinski definition) is 6. The highest BCUT2D eigenvalue weighted by atomic mass is 15.4.